The lowest BCUT2D eigenvalue weighted by Crippen LogP contribution is -1.87. The molecule has 124 valence electrons. The van der Waals surface area contributed by atoms with E-state index in [1.165, 1.54) is 16.7 Å². The molecule has 0 aromatic carbocycles. The number of hydrogen-bond donors (Lipinski definition) is 1. The van der Waals surface area contributed by atoms with Crippen molar-refractivity contribution in [2.24, 2.45) is 0 Å². The van der Waals surface area contributed by atoms with Crippen LogP contribution in [-0.2, 0) is 4.79 Å². The summed E-state index contributed by atoms with van der Waals surface area (Å²) in [5.41, 5.74) is 4.80. The Hall–Kier alpha value is -1.41. The molecule has 0 radical (unpaired) electrons. The standard InChI is InChI=1S/C20H32O2/c1-17(2)8-5-9-18(3)10-6-12-20(16-22)13-7-11-19(4)14-15-21/h8,10,13-14,16,21H,5-7,9,11-12,15H2,1-4H3/b18-10+,19-14+,20-13+. The maximum absolute atomic E-state index is 11.1. The van der Waals surface area contributed by atoms with E-state index in [2.05, 4.69) is 32.9 Å². The highest BCUT2D eigenvalue weighted by Crippen LogP contribution is 2.12. The van der Waals surface area contributed by atoms with Gasteiger partial charge in [0.1, 0.15) is 6.29 Å². The van der Waals surface area contributed by atoms with Crippen LogP contribution in [-0.4, -0.2) is 18.0 Å². The Bertz CT molecular complexity index is 433. The maximum atomic E-state index is 11.1. The first-order valence-corrected chi connectivity index (χ1v) is 8.19. The number of carbonyl (C=O) groups excluding carboxylic acids is 1. The summed E-state index contributed by atoms with van der Waals surface area (Å²) in [6, 6.07) is 0. The van der Waals surface area contributed by atoms with E-state index in [0.29, 0.717) is 0 Å². The molecular weight excluding hydrogens is 272 g/mol. The molecule has 22 heavy (non-hydrogen) atoms. The van der Waals surface area contributed by atoms with Crippen LogP contribution in [0.2, 0.25) is 0 Å². The number of aliphatic hydroxyl groups excluding tert-OH is 1. The first-order valence-electron chi connectivity index (χ1n) is 8.19. The van der Waals surface area contributed by atoms with Crippen LogP contribution in [0.15, 0.2) is 46.6 Å². The molecule has 0 amide bonds. The molecule has 0 aliphatic carbocycles. The smallest absolute Gasteiger partial charge is 0.145 e. The normalized spacial score (nSPS) is 13.2. The fourth-order valence-electron chi connectivity index (χ4n) is 2.13. The van der Waals surface area contributed by atoms with Crippen molar-refractivity contribution in [3.8, 4) is 0 Å². The highest BCUT2D eigenvalue weighted by Gasteiger charge is 1.96. The Labute approximate surface area is 136 Å². The minimum Gasteiger partial charge on any atom is -0.392 e. The second-order valence-electron chi connectivity index (χ2n) is 6.08. The molecular formula is C20H32O2. The van der Waals surface area contributed by atoms with E-state index in [1.807, 2.05) is 19.1 Å². The Balaban J connectivity index is 4.15. The number of hydrogen-bond acceptors (Lipinski definition) is 2. The van der Waals surface area contributed by atoms with E-state index >= 15 is 0 Å². The predicted molar refractivity (Wildman–Crippen MR) is 95.9 cm³/mol. The molecule has 2 nitrogen and oxygen atoms in total. The van der Waals surface area contributed by atoms with Crippen molar-refractivity contribution in [3.63, 3.8) is 0 Å². The lowest BCUT2D eigenvalue weighted by molar-refractivity contribution is -0.105. The summed E-state index contributed by atoms with van der Waals surface area (Å²) >= 11 is 0. The maximum Gasteiger partial charge on any atom is 0.145 e. The van der Waals surface area contributed by atoms with Crippen LogP contribution in [0, 0.1) is 0 Å². The Morgan fingerprint density at radius 2 is 1.32 bits per heavy atom. The van der Waals surface area contributed by atoms with Crippen LogP contribution in [0.3, 0.4) is 0 Å². The first kappa shape index (κ1) is 20.6. The molecule has 0 spiro atoms. The molecule has 0 aromatic heterocycles. The van der Waals surface area contributed by atoms with Gasteiger partial charge in [0.25, 0.3) is 0 Å². The first-order chi connectivity index (χ1) is 10.5. The third kappa shape index (κ3) is 12.3. The lowest BCUT2D eigenvalue weighted by atomic mass is 10.0. The number of aldehydes is 1. The monoisotopic (exact) mass is 304 g/mol. The van der Waals surface area contributed by atoms with Crippen molar-refractivity contribution in [2.45, 2.75) is 66.2 Å². The zero-order valence-corrected chi connectivity index (χ0v) is 14.7. The van der Waals surface area contributed by atoms with Gasteiger partial charge in [-0.05, 0) is 71.8 Å². The van der Waals surface area contributed by atoms with Crippen molar-refractivity contribution in [1.29, 1.82) is 0 Å². The second kappa shape index (κ2) is 13.3. The van der Waals surface area contributed by atoms with Gasteiger partial charge in [0, 0.05) is 0 Å². The van der Waals surface area contributed by atoms with Gasteiger partial charge in [0.05, 0.1) is 6.61 Å². The van der Waals surface area contributed by atoms with E-state index < -0.39 is 0 Å². The summed E-state index contributed by atoms with van der Waals surface area (Å²) in [4.78, 5) is 11.1. The second-order valence-corrected chi connectivity index (χ2v) is 6.08. The van der Waals surface area contributed by atoms with Gasteiger partial charge in [-0.3, -0.25) is 4.79 Å². The molecule has 0 aliphatic heterocycles. The van der Waals surface area contributed by atoms with E-state index in [4.69, 9.17) is 5.11 Å². The van der Waals surface area contributed by atoms with Gasteiger partial charge >= 0.3 is 0 Å². The Kier molecular flexibility index (Phi) is 12.4. The number of aliphatic hydroxyl groups is 1. The molecule has 0 fully saturated rings. The summed E-state index contributed by atoms with van der Waals surface area (Å²) in [6.07, 6.45) is 15.0. The molecule has 0 atom stereocenters. The number of allylic oxidation sites excluding steroid dienone is 7. The molecule has 0 aromatic rings. The molecule has 0 rings (SSSR count). The Morgan fingerprint density at radius 3 is 1.86 bits per heavy atom. The quantitative estimate of drug-likeness (QED) is 0.319. The lowest BCUT2D eigenvalue weighted by Gasteiger charge is -2.01. The largest absolute Gasteiger partial charge is 0.392 e. The fraction of sp³-hybridized carbons (Fsp3) is 0.550. The van der Waals surface area contributed by atoms with Crippen molar-refractivity contribution in [2.75, 3.05) is 6.61 Å². The van der Waals surface area contributed by atoms with Crippen LogP contribution in [0.25, 0.3) is 0 Å². The minimum absolute atomic E-state index is 0.0902. The summed E-state index contributed by atoms with van der Waals surface area (Å²) in [7, 11) is 0. The third-order valence-electron chi connectivity index (χ3n) is 3.55. The van der Waals surface area contributed by atoms with Crippen molar-refractivity contribution in [3.05, 3.63) is 46.6 Å². The molecule has 0 saturated heterocycles. The highest BCUT2D eigenvalue weighted by atomic mass is 16.2. The van der Waals surface area contributed by atoms with Gasteiger partial charge in [0.15, 0.2) is 0 Å². The average Bonchev–Trinajstić information content (AvgIpc) is 2.45. The summed E-state index contributed by atoms with van der Waals surface area (Å²) in [6.45, 7) is 8.50. The molecule has 1 N–H and O–H groups in total. The molecule has 0 aliphatic rings. The Morgan fingerprint density at radius 1 is 0.773 bits per heavy atom. The zero-order chi connectivity index (χ0) is 16.8. The predicted octanol–water partition coefficient (Wildman–Crippen LogP) is 5.30. The molecule has 2 heteroatoms. The molecule has 0 bridgehead atoms. The van der Waals surface area contributed by atoms with Gasteiger partial charge in [-0.1, -0.05) is 41.0 Å². The van der Waals surface area contributed by atoms with Crippen molar-refractivity contribution >= 4 is 6.29 Å². The summed E-state index contributed by atoms with van der Waals surface area (Å²) in [5, 5.41) is 8.79. The van der Waals surface area contributed by atoms with Gasteiger partial charge in [-0.25, -0.2) is 0 Å². The third-order valence-corrected chi connectivity index (χ3v) is 3.55. The average molecular weight is 304 g/mol. The van der Waals surface area contributed by atoms with Crippen LogP contribution >= 0.6 is 0 Å². The van der Waals surface area contributed by atoms with Crippen LogP contribution < -0.4 is 0 Å². The van der Waals surface area contributed by atoms with Gasteiger partial charge < -0.3 is 5.11 Å². The van der Waals surface area contributed by atoms with E-state index in [-0.39, 0.29) is 6.61 Å². The summed E-state index contributed by atoms with van der Waals surface area (Å²) < 4.78 is 0. The molecule has 0 heterocycles. The van der Waals surface area contributed by atoms with Gasteiger partial charge in [-0.2, -0.15) is 0 Å². The summed E-state index contributed by atoms with van der Waals surface area (Å²) in [5.74, 6) is 0. The van der Waals surface area contributed by atoms with Crippen LogP contribution in [0.4, 0.5) is 0 Å². The van der Waals surface area contributed by atoms with E-state index in [0.717, 1.165) is 50.4 Å². The fourth-order valence-corrected chi connectivity index (χ4v) is 2.13. The van der Waals surface area contributed by atoms with E-state index in [1.54, 1.807) is 0 Å². The van der Waals surface area contributed by atoms with Crippen LogP contribution in [0.1, 0.15) is 66.2 Å². The van der Waals surface area contributed by atoms with Crippen molar-refractivity contribution in [1.82, 2.24) is 0 Å². The highest BCUT2D eigenvalue weighted by molar-refractivity contribution is 5.73. The topological polar surface area (TPSA) is 37.3 Å². The molecule has 0 unspecified atom stereocenters. The zero-order valence-electron chi connectivity index (χ0n) is 14.7. The number of carbonyl (C=O) groups is 1. The molecule has 0 saturated carbocycles. The van der Waals surface area contributed by atoms with Crippen molar-refractivity contribution < 1.29 is 9.90 Å². The minimum atomic E-state index is 0.0902. The van der Waals surface area contributed by atoms with Crippen LogP contribution in [0.5, 0.6) is 0 Å². The van der Waals surface area contributed by atoms with E-state index in [9.17, 15) is 4.79 Å². The van der Waals surface area contributed by atoms with Gasteiger partial charge in [-0.15, -0.1) is 0 Å². The van der Waals surface area contributed by atoms with Gasteiger partial charge in [0.2, 0.25) is 0 Å². The number of rotatable bonds is 11. The SMILES string of the molecule is CC(C)=CCC/C(C)=C/CC/C(C=O)=C\CC/C(C)=C/CO.